The van der Waals surface area contributed by atoms with Crippen molar-refractivity contribution in [2.24, 2.45) is 0 Å². The van der Waals surface area contributed by atoms with E-state index in [0.717, 1.165) is 35.1 Å². The maximum Gasteiger partial charge on any atom is 0.335 e. The Bertz CT molecular complexity index is 1810. The van der Waals surface area contributed by atoms with Gasteiger partial charge in [-0.3, -0.25) is 14.0 Å². The van der Waals surface area contributed by atoms with Crippen LogP contribution in [0.25, 0.3) is 33.4 Å². The molecule has 0 spiro atoms. The molecule has 10 heteroatoms. The summed E-state index contributed by atoms with van der Waals surface area (Å²) in [6.45, 7) is 18.8. The predicted molar refractivity (Wildman–Crippen MR) is 203 cm³/mol. The number of carbonyl (C=O) groups is 4. The summed E-state index contributed by atoms with van der Waals surface area (Å²) >= 11 is 0. The van der Waals surface area contributed by atoms with E-state index >= 15 is 4.39 Å². The van der Waals surface area contributed by atoms with Gasteiger partial charge in [0.25, 0.3) is 0 Å². The summed E-state index contributed by atoms with van der Waals surface area (Å²) in [6, 6.07) is 22.4. The van der Waals surface area contributed by atoms with Gasteiger partial charge in [-0.25, -0.2) is 14.0 Å². The van der Waals surface area contributed by atoms with E-state index < -0.39 is 17.8 Å². The maximum atomic E-state index is 15.3. The first-order valence-corrected chi connectivity index (χ1v) is 15.6. The van der Waals surface area contributed by atoms with Gasteiger partial charge in [0.2, 0.25) is 0 Å². The smallest absolute Gasteiger partial charge is 0.335 e. The van der Waals surface area contributed by atoms with Gasteiger partial charge in [-0.2, -0.15) is 0 Å². The Hall–Kier alpha value is -6.42. The number of methoxy groups -OCH3 is 2. The first-order valence-electron chi connectivity index (χ1n) is 15.6. The number of aldehydes is 2. The molecule has 0 saturated carbocycles. The summed E-state index contributed by atoms with van der Waals surface area (Å²) in [5.74, 6) is -0.0884. The van der Waals surface area contributed by atoms with Gasteiger partial charge in [0.1, 0.15) is 41.4 Å². The minimum atomic E-state index is -0.601. The highest BCUT2D eigenvalue weighted by atomic mass is 19.1. The number of carbonyl (C=O) groups excluding carboxylic acids is 4. The van der Waals surface area contributed by atoms with Crippen molar-refractivity contribution in [3.8, 4) is 56.4 Å². The van der Waals surface area contributed by atoms with Gasteiger partial charge in [-0.15, -0.1) is 0 Å². The minimum Gasteiger partial charge on any atom is -0.496 e. The highest BCUT2D eigenvalue weighted by molar-refractivity contribution is 5.85. The maximum absolute atomic E-state index is 15.3. The minimum absolute atomic E-state index is 0.265. The first-order chi connectivity index (χ1) is 25.0. The molecular weight excluding hydrogens is 670 g/mol. The monoisotopic (exact) mass is 714 g/mol. The van der Waals surface area contributed by atoms with Crippen LogP contribution in [0, 0.1) is 5.82 Å². The van der Waals surface area contributed by atoms with Crippen molar-refractivity contribution >= 4 is 24.5 Å². The fourth-order valence-corrected chi connectivity index (χ4v) is 4.00. The van der Waals surface area contributed by atoms with Crippen molar-refractivity contribution in [1.29, 1.82) is 0 Å². The molecule has 0 bridgehead atoms. The molecule has 0 radical (unpaired) electrons. The molecule has 0 N–H and O–H groups in total. The first kappa shape index (κ1) is 45.6. The highest BCUT2D eigenvalue weighted by Gasteiger charge is 2.15. The molecule has 4 aromatic rings. The SMILES string of the molecule is C=C(C)C=O.C=CC(=O)Oc1ccc(-c2ccc(-c3ccc(-c4ccc(OC(=O)C=C)cc4OC)c(F)c3)cc2)c(OC)c1.C=CC=O.CC.CF. The molecule has 0 fully saturated rings. The summed E-state index contributed by atoms with van der Waals surface area (Å²) in [5.41, 5.74) is 4.62. The average molecular weight is 715 g/mol. The second kappa shape index (κ2) is 25.5. The molecule has 8 nitrogen and oxygen atoms in total. The number of rotatable bonds is 11. The molecule has 0 saturated heterocycles. The lowest BCUT2D eigenvalue weighted by Gasteiger charge is -2.13. The van der Waals surface area contributed by atoms with E-state index in [9.17, 15) is 18.8 Å². The molecule has 274 valence electrons. The van der Waals surface area contributed by atoms with E-state index in [2.05, 4.69) is 26.3 Å². The molecule has 4 rings (SSSR count). The third kappa shape index (κ3) is 14.6. The number of hydrogen-bond donors (Lipinski definition) is 0. The van der Waals surface area contributed by atoms with Gasteiger partial charge in [-0.05, 0) is 65.6 Å². The van der Waals surface area contributed by atoms with Gasteiger partial charge < -0.3 is 18.9 Å². The molecule has 0 aliphatic heterocycles. The molecule has 0 aliphatic carbocycles. The Morgan fingerprint density at radius 1 is 0.635 bits per heavy atom. The number of hydrogen-bond acceptors (Lipinski definition) is 8. The number of ether oxygens (including phenoxy) is 4. The Morgan fingerprint density at radius 3 is 1.40 bits per heavy atom. The van der Waals surface area contributed by atoms with Crippen molar-refractivity contribution in [2.75, 3.05) is 21.4 Å². The molecule has 0 unspecified atom stereocenters. The van der Waals surface area contributed by atoms with Crippen LogP contribution < -0.4 is 18.9 Å². The topological polar surface area (TPSA) is 105 Å². The molecule has 0 amide bonds. The summed E-state index contributed by atoms with van der Waals surface area (Å²) in [5, 5.41) is 0. The average Bonchev–Trinajstić information content (AvgIpc) is 3.19. The van der Waals surface area contributed by atoms with Crippen LogP contribution in [-0.2, 0) is 19.2 Å². The molecule has 0 aliphatic rings. The van der Waals surface area contributed by atoms with E-state index in [1.807, 2.05) is 44.2 Å². The lowest BCUT2D eigenvalue weighted by Crippen LogP contribution is -2.03. The molecule has 4 aromatic carbocycles. The van der Waals surface area contributed by atoms with Gasteiger partial charge in [0.15, 0.2) is 0 Å². The summed E-state index contributed by atoms with van der Waals surface area (Å²) in [7, 11) is 3.50. The fraction of sp³-hybridized carbons (Fsp3) is 0.143. The molecule has 0 atom stereocenters. The molecule has 52 heavy (non-hydrogen) atoms. The lowest BCUT2D eigenvalue weighted by molar-refractivity contribution is -0.129. The third-order valence-electron chi connectivity index (χ3n) is 6.20. The standard InChI is InChI=1S/C32H25FO6.C4H6O.C3H4O.C2H6.CH3F/c1-5-31(34)38-23-12-15-25(29(18-23)36-3)21-9-7-20(8-10-21)22-11-14-26(28(33)17-22)27-16-13-24(19-30(27)37-4)39-32(35)6-2;1-4(2)3-5;1-2-3-4;2*1-2/h5-19H,1-2H2,3-4H3;3H,1H2,2H3;2-3H,1H2;1-2H3;1H3. The van der Waals surface area contributed by atoms with Crippen LogP contribution in [0.2, 0.25) is 0 Å². The van der Waals surface area contributed by atoms with Gasteiger partial charge in [-0.1, -0.05) is 76.6 Å². The second-order valence-corrected chi connectivity index (χ2v) is 9.58. The quantitative estimate of drug-likeness (QED) is 0.0655. The van der Waals surface area contributed by atoms with E-state index in [4.69, 9.17) is 23.7 Å². The van der Waals surface area contributed by atoms with Crippen molar-refractivity contribution in [1.82, 2.24) is 0 Å². The van der Waals surface area contributed by atoms with Crippen LogP contribution in [0.4, 0.5) is 8.78 Å². The summed E-state index contributed by atoms with van der Waals surface area (Å²) in [6.07, 6.45) is 4.70. The van der Waals surface area contributed by atoms with Crippen LogP contribution in [0.5, 0.6) is 23.0 Å². The predicted octanol–water partition coefficient (Wildman–Crippen LogP) is 9.77. The van der Waals surface area contributed by atoms with Gasteiger partial charge >= 0.3 is 11.9 Å². The molecular formula is C42H44F2O8. The zero-order valence-corrected chi connectivity index (χ0v) is 30.2. The summed E-state index contributed by atoms with van der Waals surface area (Å²) < 4.78 is 46.0. The number of benzene rings is 4. The van der Waals surface area contributed by atoms with Crippen LogP contribution in [0.15, 0.2) is 129 Å². The number of alkyl halides is 1. The Balaban J connectivity index is 0.00000174. The van der Waals surface area contributed by atoms with E-state index in [-0.39, 0.29) is 5.75 Å². The number of allylic oxidation sites excluding steroid dienone is 2. The van der Waals surface area contributed by atoms with Gasteiger partial charge in [0.05, 0.1) is 21.4 Å². The van der Waals surface area contributed by atoms with Gasteiger partial charge in [0, 0.05) is 41.0 Å². The summed E-state index contributed by atoms with van der Waals surface area (Å²) in [4.78, 5) is 41.4. The Kier molecular flexibility index (Phi) is 22.4. The van der Waals surface area contributed by atoms with Crippen molar-refractivity contribution in [3.05, 3.63) is 135 Å². The van der Waals surface area contributed by atoms with Crippen molar-refractivity contribution in [2.45, 2.75) is 20.8 Å². The van der Waals surface area contributed by atoms with Crippen LogP contribution in [0.1, 0.15) is 20.8 Å². The van der Waals surface area contributed by atoms with Crippen molar-refractivity contribution in [3.63, 3.8) is 0 Å². The van der Waals surface area contributed by atoms with E-state index in [0.29, 0.717) is 53.0 Å². The third-order valence-corrected chi connectivity index (χ3v) is 6.20. The van der Waals surface area contributed by atoms with Crippen LogP contribution in [-0.4, -0.2) is 45.9 Å². The van der Waals surface area contributed by atoms with Crippen molar-refractivity contribution < 1.29 is 46.9 Å². The van der Waals surface area contributed by atoms with E-state index in [1.165, 1.54) is 32.4 Å². The van der Waals surface area contributed by atoms with Crippen LogP contribution >= 0.6 is 0 Å². The molecule has 0 heterocycles. The van der Waals surface area contributed by atoms with E-state index in [1.54, 1.807) is 43.3 Å². The number of esters is 2. The normalized spacial score (nSPS) is 9.00. The molecule has 0 aromatic heterocycles. The lowest BCUT2D eigenvalue weighted by atomic mass is 9.97. The largest absolute Gasteiger partial charge is 0.496 e. The zero-order valence-electron chi connectivity index (χ0n) is 30.2. The zero-order chi connectivity index (χ0) is 39.6. The highest BCUT2D eigenvalue weighted by Crippen LogP contribution is 2.38. The van der Waals surface area contributed by atoms with Crippen LogP contribution in [0.3, 0.4) is 0 Å². The fourth-order valence-electron chi connectivity index (χ4n) is 4.00. The number of halogens is 2. The second-order valence-electron chi connectivity index (χ2n) is 9.58. The Morgan fingerprint density at radius 2 is 1.02 bits per heavy atom. The Labute approximate surface area is 304 Å².